The first kappa shape index (κ1) is 13.4. The Morgan fingerprint density at radius 3 is 3.05 bits per heavy atom. The van der Waals surface area contributed by atoms with Crippen molar-refractivity contribution >= 4 is 23.3 Å². The molecule has 0 saturated carbocycles. The van der Waals surface area contributed by atoms with E-state index in [1.54, 1.807) is 10.4 Å². The summed E-state index contributed by atoms with van der Waals surface area (Å²) in [5.41, 5.74) is 2.69. The van der Waals surface area contributed by atoms with E-state index in [2.05, 4.69) is 4.98 Å². The van der Waals surface area contributed by atoms with Crippen LogP contribution in [-0.4, -0.2) is 53.0 Å². The Kier molecular flexibility index (Phi) is 3.60. The van der Waals surface area contributed by atoms with Crippen molar-refractivity contribution in [3.8, 4) is 0 Å². The van der Waals surface area contributed by atoms with Gasteiger partial charge in [0.1, 0.15) is 0 Å². The molecule has 3 aliphatic rings. The second-order valence-electron chi connectivity index (χ2n) is 5.25. The Bertz CT molecular complexity index is 505. The highest BCUT2D eigenvalue weighted by molar-refractivity contribution is 7.07. The van der Waals surface area contributed by atoms with Crippen LogP contribution in [0, 0.1) is 5.92 Å². The van der Waals surface area contributed by atoms with Crippen LogP contribution in [0.15, 0.2) is 10.9 Å². The third-order valence-corrected chi connectivity index (χ3v) is 4.68. The van der Waals surface area contributed by atoms with E-state index in [-0.39, 0.29) is 24.0 Å². The molecule has 2 amide bonds. The van der Waals surface area contributed by atoms with Gasteiger partial charge < -0.3 is 14.5 Å². The van der Waals surface area contributed by atoms with Gasteiger partial charge in [-0.05, 0) is 12.8 Å². The quantitative estimate of drug-likeness (QED) is 0.826. The molecule has 6 nitrogen and oxygen atoms in total. The van der Waals surface area contributed by atoms with E-state index in [0.29, 0.717) is 19.6 Å². The number of carbonyl (C=O) groups excluding carboxylic acids is 2. The topological polar surface area (TPSA) is 62.7 Å². The first-order chi connectivity index (χ1) is 9.69. The standard InChI is InChI=1S/C13H17N3O3S/c1-19-13(18)15-4-9-2-3-11(6-15)16(12(9)17)5-10-7-20-8-14-10/h7-9,11H,2-6H2,1H3/t9-,11+/m1/s1. The van der Waals surface area contributed by atoms with E-state index in [1.165, 1.54) is 18.4 Å². The van der Waals surface area contributed by atoms with Crippen LogP contribution in [0.25, 0.3) is 0 Å². The average Bonchev–Trinajstić information content (AvgIpc) is 2.82. The molecule has 0 unspecified atom stereocenters. The van der Waals surface area contributed by atoms with Crippen LogP contribution in [-0.2, 0) is 16.1 Å². The number of carbonyl (C=O) groups is 2. The summed E-state index contributed by atoms with van der Waals surface area (Å²) in [6, 6.07) is 0.0713. The molecule has 3 fully saturated rings. The summed E-state index contributed by atoms with van der Waals surface area (Å²) in [6.07, 6.45) is 1.45. The van der Waals surface area contributed by atoms with Gasteiger partial charge in [0.05, 0.1) is 30.8 Å². The lowest BCUT2D eigenvalue weighted by molar-refractivity contribution is -0.140. The summed E-state index contributed by atoms with van der Waals surface area (Å²) in [5, 5.41) is 1.96. The third-order valence-electron chi connectivity index (χ3n) is 4.04. The molecule has 1 aromatic rings. The number of nitrogens with zero attached hydrogens (tertiary/aromatic N) is 3. The predicted molar refractivity (Wildman–Crippen MR) is 73.2 cm³/mol. The number of methoxy groups -OCH3 is 1. The van der Waals surface area contributed by atoms with Crippen LogP contribution in [0.2, 0.25) is 0 Å². The monoisotopic (exact) mass is 295 g/mol. The minimum Gasteiger partial charge on any atom is -0.453 e. The zero-order valence-corrected chi connectivity index (χ0v) is 12.1. The largest absolute Gasteiger partial charge is 0.453 e. The minimum absolute atomic E-state index is 0.0713. The summed E-state index contributed by atoms with van der Waals surface area (Å²) < 4.78 is 4.79. The first-order valence-corrected chi connectivity index (χ1v) is 7.63. The van der Waals surface area contributed by atoms with Gasteiger partial charge in [-0.3, -0.25) is 4.79 Å². The van der Waals surface area contributed by atoms with Crippen molar-refractivity contribution in [2.75, 3.05) is 20.2 Å². The second-order valence-corrected chi connectivity index (χ2v) is 5.97. The van der Waals surface area contributed by atoms with Gasteiger partial charge in [0.15, 0.2) is 0 Å². The van der Waals surface area contributed by atoms with E-state index < -0.39 is 0 Å². The van der Waals surface area contributed by atoms with Gasteiger partial charge in [-0.15, -0.1) is 11.3 Å². The SMILES string of the molecule is COC(=O)N1C[C@H]2CC[C@@H](C1)N(Cc1cscn1)C2=O. The molecule has 108 valence electrons. The van der Waals surface area contributed by atoms with Crippen molar-refractivity contribution in [2.45, 2.75) is 25.4 Å². The Morgan fingerprint density at radius 1 is 1.50 bits per heavy atom. The zero-order chi connectivity index (χ0) is 14.1. The summed E-state index contributed by atoms with van der Waals surface area (Å²) in [7, 11) is 1.38. The molecule has 4 heterocycles. The molecule has 0 aromatic carbocycles. The number of fused-ring (bicyclic) bond motifs is 4. The van der Waals surface area contributed by atoms with E-state index in [1.807, 2.05) is 10.3 Å². The van der Waals surface area contributed by atoms with Crippen molar-refractivity contribution < 1.29 is 14.3 Å². The number of hydrogen-bond donors (Lipinski definition) is 0. The number of amides is 2. The van der Waals surface area contributed by atoms with Crippen LogP contribution in [0.5, 0.6) is 0 Å². The summed E-state index contributed by atoms with van der Waals surface area (Å²) >= 11 is 1.53. The zero-order valence-electron chi connectivity index (χ0n) is 11.3. The van der Waals surface area contributed by atoms with Crippen LogP contribution in [0.4, 0.5) is 4.79 Å². The number of aromatic nitrogens is 1. The molecule has 0 aliphatic carbocycles. The molecule has 0 radical (unpaired) electrons. The van der Waals surface area contributed by atoms with Crippen molar-refractivity contribution in [3.63, 3.8) is 0 Å². The van der Waals surface area contributed by atoms with E-state index in [4.69, 9.17) is 4.74 Å². The maximum atomic E-state index is 12.5. The van der Waals surface area contributed by atoms with E-state index in [9.17, 15) is 9.59 Å². The summed E-state index contributed by atoms with van der Waals surface area (Å²) in [4.78, 5) is 32.0. The Balaban J connectivity index is 1.79. The van der Waals surface area contributed by atoms with Crippen LogP contribution in [0.1, 0.15) is 18.5 Å². The summed E-state index contributed by atoms with van der Waals surface area (Å²) in [5.74, 6) is 0.0344. The molecular formula is C13H17N3O3S. The lowest BCUT2D eigenvalue weighted by Gasteiger charge is -2.35. The molecule has 0 spiro atoms. The number of hydrogen-bond acceptors (Lipinski definition) is 5. The highest BCUT2D eigenvalue weighted by Crippen LogP contribution is 2.30. The predicted octanol–water partition coefficient (Wildman–Crippen LogP) is 1.33. The van der Waals surface area contributed by atoms with E-state index in [0.717, 1.165) is 18.5 Å². The van der Waals surface area contributed by atoms with Crippen LogP contribution >= 0.6 is 11.3 Å². The number of piperidine rings is 1. The van der Waals surface area contributed by atoms with Gasteiger partial charge in [-0.25, -0.2) is 9.78 Å². The fourth-order valence-electron chi connectivity index (χ4n) is 3.02. The molecular weight excluding hydrogens is 278 g/mol. The van der Waals surface area contributed by atoms with E-state index >= 15 is 0 Å². The van der Waals surface area contributed by atoms with Gasteiger partial charge in [0.25, 0.3) is 0 Å². The Labute approximate surface area is 121 Å². The molecule has 2 atom stereocenters. The van der Waals surface area contributed by atoms with Gasteiger partial charge in [-0.2, -0.15) is 0 Å². The lowest BCUT2D eigenvalue weighted by Crippen LogP contribution is -2.47. The van der Waals surface area contributed by atoms with Crippen LogP contribution in [0.3, 0.4) is 0 Å². The van der Waals surface area contributed by atoms with Gasteiger partial charge >= 0.3 is 6.09 Å². The normalized spacial score (nSPS) is 25.8. The fraction of sp³-hybridized carbons (Fsp3) is 0.615. The maximum Gasteiger partial charge on any atom is 0.409 e. The molecule has 0 N–H and O–H groups in total. The highest BCUT2D eigenvalue weighted by atomic mass is 32.1. The van der Waals surface area contributed by atoms with Gasteiger partial charge in [0, 0.05) is 24.5 Å². The van der Waals surface area contributed by atoms with Crippen LogP contribution < -0.4 is 0 Å². The molecule has 20 heavy (non-hydrogen) atoms. The smallest absolute Gasteiger partial charge is 0.409 e. The molecule has 3 saturated heterocycles. The highest BCUT2D eigenvalue weighted by Gasteiger charge is 2.42. The number of thiazole rings is 1. The third kappa shape index (κ3) is 2.37. The average molecular weight is 295 g/mol. The van der Waals surface area contributed by atoms with Crippen molar-refractivity contribution in [3.05, 3.63) is 16.6 Å². The molecule has 4 rings (SSSR count). The number of ether oxygens (including phenoxy) is 1. The van der Waals surface area contributed by atoms with Gasteiger partial charge in [0.2, 0.25) is 5.91 Å². The van der Waals surface area contributed by atoms with Crippen molar-refractivity contribution in [2.24, 2.45) is 5.92 Å². The Hall–Kier alpha value is -1.63. The van der Waals surface area contributed by atoms with Gasteiger partial charge in [-0.1, -0.05) is 0 Å². The van der Waals surface area contributed by atoms with Crippen molar-refractivity contribution in [1.29, 1.82) is 0 Å². The first-order valence-electron chi connectivity index (χ1n) is 6.69. The molecule has 1 aromatic heterocycles. The lowest BCUT2D eigenvalue weighted by atomic mass is 9.94. The molecule has 7 heteroatoms. The van der Waals surface area contributed by atoms with Crippen molar-refractivity contribution in [1.82, 2.24) is 14.8 Å². The Morgan fingerprint density at radius 2 is 2.35 bits per heavy atom. The fourth-order valence-corrected chi connectivity index (χ4v) is 3.57. The molecule has 2 bridgehead atoms. The minimum atomic E-state index is -0.342. The number of rotatable bonds is 2. The molecule has 3 aliphatic heterocycles. The maximum absolute atomic E-state index is 12.5. The summed E-state index contributed by atoms with van der Waals surface area (Å²) in [6.45, 7) is 1.56. The second kappa shape index (κ2) is 5.40.